The Labute approximate surface area is 274 Å². The van der Waals surface area contributed by atoms with Crippen molar-refractivity contribution in [2.45, 2.75) is 38.1 Å². The third-order valence-corrected chi connectivity index (χ3v) is 9.33. The number of nitrogens with two attached hydrogens (primary N) is 2. The maximum absolute atomic E-state index is 14.1. The first kappa shape index (κ1) is 33.3. The monoisotopic (exact) mass is 646 g/mol. The number of anilines is 2. The number of carbonyl (C=O) groups excluding carboxylic acids is 2. The third-order valence-electron chi connectivity index (χ3n) is 9.33. The number of amides is 2. The van der Waals surface area contributed by atoms with Gasteiger partial charge in [-0.05, 0) is 98.6 Å². The highest BCUT2D eigenvalue weighted by Crippen LogP contribution is 2.32. The van der Waals surface area contributed by atoms with E-state index >= 15 is 0 Å². The maximum atomic E-state index is 14.1. The number of imidazole rings is 1. The molecule has 46 heavy (non-hydrogen) atoms. The van der Waals surface area contributed by atoms with E-state index in [1.54, 1.807) is 18.2 Å². The van der Waals surface area contributed by atoms with Gasteiger partial charge in [-0.25, -0.2) is 14.7 Å². The van der Waals surface area contributed by atoms with Gasteiger partial charge in [0, 0.05) is 38.3 Å². The number of nitrogens with zero attached hydrogens (tertiary/aromatic N) is 4. The molecule has 2 fully saturated rings. The van der Waals surface area contributed by atoms with Crippen LogP contribution in [0.15, 0.2) is 65.6 Å². The number of nitrogens with one attached hydrogen (secondary N) is 2. The minimum atomic E-state index is -0.955. The zero-order chi connectivity index (χ0) is 31.5. The van der Waals surface area contributed by atoms with Crippen molar-refractivity contribution in [1.82, 2.24) is 19.9 Å². The Morgan fingerprint density at radius 2 is 1.67 bits per heavy atom. The van der Waals surface area contributed by atoms with E-state index < -0.39 is 11.9 Å². The van der Waals surface area contributed by atoms with Crippen LogP contribution in [0.5, 0.6) is 0 Å². The fourth-order valence-corrected chi connectivity index (χ4v) is 6.54. The predicted octanol–water partition coefficient (Wildman–Crippen LogP) is 3.29. The molecule has 1 atom stereocenters. The van der Waals surface area contributed by atoms with E-state index in [-0.39, 0.29) is 36.3 Å². The maximum Gasteiger partial charge on any atom is 0.323 e. The molecule has 6 N–H and O–H groups in total. The van der Waals surface area contributed by atoms with E-state index in [0.717, 1.165) is 61.5 Å². The first-order valence-corrected chi connectivity index (χ1v) is 15.8. The van der Waals surface area contributed by atoms with Crippen LogP contribution in [0, 0.1) is 11.8 Å². The molecule has 0 spiro atoms. The van der Waals surface area contributed by atoms with Crippen molar-refractivity contribution >= 4 is 46.8 Å². The summed E-state index contributed by atoms with van der Waals surface area (Å²) in [4.78, 5) is 55.8. The van der Waals surface area contributed by atoms with Crippen LogP contribution < -0.4 is 27.0 Å². The Balaban J connectivity index is 0.00000417. The van der Waals surface area contributed by atoms with Gasteiger partial charge in [0.25, 0.3) is 5.91 Å². The van der Waals surface area contributed by atoms with Gasteiger partial charge in [0.1, 0.15) is 5.82 Å². The van der Waals surface area contributed by atoms with Crippen LogP contribution in [-0.2, 0) is 16.0 Å². The highest BCUT2D eigenvalue weighted by atomic mass is 35.5. The van der Waals surface area contributed by atoms with Crippen LogP contribution in [0.4, 0.5) is 11.5 Å². The summed E-state index contributed by atoms with van der Waals surface area (Å²) in [6.07, 6.45) is 5.15. The lowest BCUT2D eigenvalue weighted by Crippen LogP contribution is -2.50. The lowest BCUT2D eigenvalue weighted by molar-refractivity contribution is -0.130. The molecule has 0 radical (unpaired) electrons. The van der Waals surface area contributed by atoms with Crippen LogP contribution in [0.1, 0.15) is 31.2 Å². The van der Waals surface area contributed by atoms with Gasteiger partial charge in [-0.15, -0.1) is 12.4 Å². The number of piperazine rings is 1. The number of halogens is 1. The lowest BCUT2D eigenvalue weighted by atomic mass is 9.81. The number of benzene rings is 2. The van der Waals surface area contributed by atoms with E-state index in [9.17, 15) is 14.4 Å². The fraction of sp³-hybridized carbons (Fsp3) is 0.412. The summed E-state index contributed by atoms with van der Waals surface area (Å²) < 4.78 is 0. The summed E-state index contributed by atoms with van der Waals surface area (Å²) in [5.41, 5.74) is 16.6. The molecule has 2 aromatic heterocycles. The molecule has 1 saturated carbocycles. The molecule has 6 rings (SSSR count). The van der Waals surface area contributed by atoms with Crippen LogP contribution in [-0.4, -0.2) is 77.5 Å². The SMILES string of the molecule is CN1CCN(c2cc(-c3cccc(C[C@H](N)C(=O)N(C(=O)C4CCC(CN)CC4)c4ccc5[nH]c(=O)[nH]c5c4)c3)ccn2)CC1.Cl. The summed E-state index contributed by atoms with van der Waals surface area (Å²) in [6, 6.07) is 16.2. The molecule has 11 nitrogen and oxygen atoms in total. The van der Waals surface area contributed by atoms with E-state index in [4.69, 9.17) is 11.5 Å². The van der Waals surface area contributed by atoms with Crippen molar-refractivity contribution in [2.24, 2.45) is 23.3 Å². The number of aromatic amines is 2. The van der Waals surface area contributed by atoms with Crippen LogP contribution in [0.2, 0.25) is 0 Å². The fourth-order valence-electron chi connectivity index (χ4n) is 6.54. The standard InChI is InChI=1S/C34H42N8O3.ClH/c1-40-13-15-41(16-14-40)31-19-26(11-12-37-31)25-4-2-3-23(17-25)18-28(36)33(44)42(32(43)24-7-5-22(21-35)6-8-24)27-9-10-29-30(20-27)39-34(45)38-29;/h2-4,9-12,17,19-20,22,24,28H,5-8,13-16,18,21,35-36H2,1H3,(H2,38,39,45);1H/t22?,24?,28-;/m0./s1. The molecule has 2 amide bonds. The molecular weight excluding hydrogens is 604 g/mol. The minimum absolute atomic E-state index is 0. The van der Waals surface area contributed by atoms with Gasteiger partial charge in [0.05, 0.1) is 22.8 Å². The number of hydrogen-bond acceptors (Lipinski definition) is 8. The Morgan fingerprint density at radius 1 is 0.957 bits per heavy atom. The summed E-state index contributed by atoms with van der Waals surface area (Å²) in [7, 11) is 2.13. The van der Waals surface area contributed by atoms with Crippen LogP contribution in [0.25, 0.3) is 22.2 Å². The number of aromatic nitrogens is 3. The van der Waals surface area contributed by atoms with E-state index in [0.29, 0.717) is 42.0 Å². The smallest absolute Gasteiger partial charge is 0.323 e. The van der Waals surface area contributed by atoms with Gasteiger partial charge in [0.2, 0.25) is 5.91 Å². The van der Waals surface area contributed by atoms with Crippen molar-refractivity contribution in [1.29, 1.82) is 0 Å². The van der Waals surface area contributed by atoms with Gasteiger partial charge in [-0.1, -0.05) is 24.3 Å². The number of hydrogen-bond donors (Lipinski definition) is 4. The number of likely N-dealkylation sites (N-methyl/N-ethyl adjacent to an activating group) is 1. The topological polar surface area (TPSA) is 157 Å². The largest absolute Gasteiger partial charge is 0.354 e. The second-order valence-corrected chi connectivity index (χ2v) is 12.5. The zero-order valence-electron chi connectivity index (χ0n) is 26.2. The highest BCUT2D eigenvalue weighted by molar-refractivity contribution is 6.17. The second kappa shape index (κ2) is 14.6. The van der Waals surface area contributed by atoms with Crippen molar-refractivity contribution in [3.63, 3.8) is 0 Å². The number of H-pyrrole nitrogens is 2. The molecular formula is C34H43ClN8O3. The summed E-state index contributed by atoms with van der Waals surface area (Å²) >= 11 is 0. The molecule has 0 bridgehead atoms. The van der Waals surface area contributed by atoms with Gasteiger partial charge in [-0.3, -0.25) is 9.59 Å². The van der Waals surface area contributed by atoms with Crippen LogP contribution in [0.3, 0.4) is 0 Å². The number of pyridine rings is 1. The van der Waals surface area contributed by atoms with E-state index in [1.807, 2.05) is 36.5 Å². The number of carbonyl (C=O) groups is 2. The second-order valence-electron chi connectivity index (χ2n) is 12.5. The Kier molecular flexibility index (Phi) is 10.6. The molecule has 4 aromatic rings. The van der Waals surface area contributed by atoms with Gasteiger partial charge < -0.3 is 31.2 Å². The van der Waals surface area contributed by atoms with Crippen molar-refractivity contribution in [3.8, 4) is 11.1 Å². The summed E-state index contributed by atoms with van der Waals surface area (Å²) in [5.74, 6) is 0.324. The predicted molar refractivity (Wildman–Crippen MR) is 184 cm³/mol. The van der Waals surface area contributed by atoms with Gasteiger partial charge in [-0.2, -0.15) is 0 Å². The molecule has 1 aliphatic heterocycles. The van der Waals surface area contributed by atoms with Crippen molar-refractivity contribution < 1.29 is 9.59 Å². The van der Waals surface area contributed by atoms with E-state index in [1.165, 1.54) is 4.90 Å². The normalized spacial score (nSPS) is 19.4. The van der Waals surface area contributed by atoms with Gasteiger partial charge in [0.15, 0.2) is 0 Å². The Bertz CT molecular complexity index is 1720. The molecule has 244 valence electrons. The van der Waals surface area contributed by atoms with Crippen LogP contribution >= 0.6 is 12.4 Å². The molecule has 3 heterocycles. The molecule has 1 saturated heterocycles. The molecule has 2 aromatic carbocycles. The molecule has 2 aliphatic rings. The average Bonchev–Trinajstić information content (AvgIpc) is 3.44. The number of imide groups is 1. The summed E-state index contributed by atoms with van der Waals surface area (Å²) in [5, 5.41) is 0. The Hall–Kier alpha value is -4.03. The minimum Gasteiger partial charge on any atom is -0.354 e. The lowest BCUT2D eigenvalue weighted by Gasteiger charge is -2.33. The zero-order valence-corrected chi connectivity index (χ0v) is 27.0. The number of rotatable bonds is 8. The first-order chi connectivity index (χ1) is 21.8. The first-order valence-electron chi connectivity index (χ1n) is 15.8. The van der Waals surface area contributed by atoms with Crippen molar-refractivity contribution in [2.75, 3.05) is 49.6 Å². The third kappa shape index (κ3) is 7.33. The highest BCUT2D eigenvalue weighted by Gasteiger charge is 2.35. The van der Waals surface area contributed by atoms with E-state index in [2.05, 4.69) is 37.9 Å². The van der Waals surface area contributed by atoms with Gasteiger partial charge >= 0.3 is 5.69 Å². The summed E-state index contributed by atoms with van der Waals surface area (Å²) in [6.45, 7) is 4.46. The quantitative estimate of drug-likeness (QED) is 0.227. The average molecular weight is 647 g/mol. The molecule has 12 heteroatoms. The molecule has 1 aliphatic carbocycles. The Morgan fingerprint density at radius 3 is 2.41 bits per heavy atom. The molecule has 0 unspecified atom stereocenters. The van der Waals surface area contributed by atoms with Crippen molar-refractivity contribution in [3.05, 3.63) is 76.8 Å². The number of fused-ring (bicyclic) bond motifs is 1.